The lowest BCUT2D eigenvalue weighted by atomic mass is 9.96. The summed E-state index contributed by atoms with van der Waals surface area (Å²) in [6.07, 6.45) is -1.33. The van der Waals surface area contributed by atoms with Crippen LogP contribution in [0.15, 0.2) is 9.05 Å². The third kappa shape index (κ3) is 2.81. The first-order valence-electron chi connectivity index (χ1n) is 6.60. The van der Waals surface area contributed by atoms with E-state index >= 15 is 0 Å². The van der Waals surface area contributed by atoms with Crippen molar-refractivity contribution in [3.8, 4) is 0 Å². The van der Waals surface area contributed by atoms with E-state index in [1.165, 1.54) is 0 Å². The van der Waals surface area contributed by atoms with Crippen LogP contribution in [-0.2, 0) is 25.6 Å². The SMILES string of the molecule is O=C(NCc1noc(C(F)(F)F)n1)c1onc2c1CCCC2. The van der Waals surface area contributed by atoms with Crippen LogP contribution >= 0.6 is 0 Å². The van der Waals surface area contributed by atoms with Gasteiger partial charge in [0.25, 0.3) is 5.91 Å². The maximum atomic E-state index is 12.3. The van der Waals surface area contributed by atoms with E-state index in [9.17, 15) is 18.0 Å². The van der Waals surface area contributed by atoms with Crippen LogP contribution in [0.2, 0.25) is 0 Å². The molecular weight excluding hydrogens is 305 g/mol. The first-order chi connectivity index (χ1) is 10.4. The van der Waals surface area contributed by atoms with Crippen LogP contribution in [0.4, 0.5) is 13.2 Å². The van der Waals surface area contributed by atoms with Gasteiger partial charge in [0, 0.05) is 5.56 Å². The number of fused-ring (bicyclic) bond motifs is 1. The van der Waals surface area contributed by atoms with Gasteiger partial charge in [0.15, 0.2) is 5.82 Å². The number of alkyl halides is 3. The van der Waals surface area contributed by atoms with Crippen LogP contribution in [0.1, 0.15) is 46.4 Å². The number of carbonyl (C=O) groups is 1. The molecule has 118 valence electrons. The second-order valence-corrected chi connectivity index (χ2v) is 4.84. The van der Waals surface area contributed by atoms with Gasteiger partial charge in [-0.2, -0.15) is 18.2 Å². The molecule has 0 fully saturated rings. The highest BCUT2D eigenvalue weighted by Crippen LogP contribution is 2.27. The predicted octanol–water partition coefficient (Wildman–Crippen LogP) is 1.89. The van der Waals surface area contributed by atoms with E-state index in [-0.39, 0.29) is 18.1 Å². The summed E-state index contributed by atoms with van der Waals surface area (Å²) >= 11 is 0. The zero-order valence-corrected chi connectivity index (χ0v) is 11.2. The summed E-state index contributed by atoms with van der Waals surface area (Å²) in [4.78, 5) is 15.2. The molecule has 0 spiro atoms. The molecular formula is C12H11F3N4O3. The van der Waals surface area contributed by atoms with Gasteiger partial charge in [-0.3, -0.25) is 4.79 Å². The summed E-state index contributed by atoms with van der Waals surface area (Å²) in [5.74, 6) is -2.19. The number of rotatable bonds is 3. The summed E-state index contributed by atoms with van der Waals surface area (Å²) in [6, 6.07) is 0. The van der Waals surface area contributed by atoms with Gasteiger partial charge in [-0.05, 0) is 25.7 Å². The molecule has 7 nitrogen and oxygen atoms in total. The van der Waals surface area contributed by atoms with Crippen molar-refractivity contribution in [2.45, 2.75) is 38.4 Å². The van der Waals surface area contributed by atoms with Crippen molar-refractivity contribution in [2.24, 2.45) is 0 Å². The number of carbonyl (C=O) groups excluding carboxylic acids is 1. The molecule has 1 aliphatic carbocycles. The average Bonchev–Trinajstić information content (AvgIpc) is 3.11. The molecule has 2 aromatic rings. The van der Waals surface area contributed by atoms with Gasteiger partial charge in [0.05, 0.1) is 12.2 Å². The van der Waals surface area contributed by atoms with Crippen molar-refractivity contribution >= 4 is 5.91 Å². The molecule has 0 aromatic carbocycles. The molecule has 2 heterocycles. The maximum Gasteiger partial charge on any atom is 0.471 e. The Morgan fingerprint density at radius 1 is 1.18 bits per heavy atom. The highest BCUT2D eigenvalue weighted by molar-refractivity contribution is 5.92. The molecule has 0 radical (unpaired) electrons. The third-order valence-electron chi connectivity index (χ3n) is 3.28. The van der Waals surface area contributed by atoms with Crippen molar-refractivity contribution in [3.63, 3.8) is 0 Å². The number of nitrogens with one attached hydrogen (secondary N) is 1. The number of hydrogen-bond donors (Lipinski definition) is 1. The largest absolute Gasteiger partial charge is 0.471 e. The standard InChI is InChI=1S/C12H11F3N4O3/c13-12(14,15)11-17-8(19-22-11)5-16-10(20)9-6-3-1-2-4-7(6)18-21-9/h1-5H2,(H,16,20). The molecule has 0 bridgehead atoms. The quantitative estimate of drug-likeness (QED) is 0.929. The molecule has 0 aliphatic heterocycles. The first kappa shape index (κ1) is 14.5. The van der Waals surface area contributed by atoms with Crippen LogP contribution in [0, 0.1) is 0 Å². The minimum Gasteiger partial charge on any atom is -0.350 e. The topological polar surface area (TPSA) is 94.1 Å². The minimum atomic E-state index is -4.71. The number of aromatic nitrogens is 3. The van der Waals surface area contributed by atoms with Gasteiger partial charge in [0.2, 0.25) is 5.76 Å². The highest BCUT2D eigenvalue weighted by Gasteiger charge is 2.38. The third-order valence-corrected chi connectivity index (χ3v) is 3.28. The lowest BCUT2D eigenvalue weighted by Crippen LogP contribution is -2.24. The molecule has 3 rings (SSSR count). The average molecular weight is 316 g/mol. The molecule has 22 heavy (non-hydrogen) atoms. The lowest BCUT2D eigenvalue weighted by Gasteiger charge is -2.08. The normalized spacial score (nSPS) is 14.7. The Hall–Kier alpha value is -2.39. The van der Waals surface area contributed by atoms with Crippen LogP contribution < -0.4 is 5.32 Å². The summed E-state index contributed by atoms with van der Waals surface area (Å²) < 4.78 is 46.0. The molecule has 0 unspecified atom stereocenters. The van der Waals surface area contributed by atoms with Crippen molar-refractivity contribution in [2.75, 3.05) is 0 Å². The Bertz CT molecular complexity index is 692. The fourth-order valence-corrected chi connectivity index (χ4v) is 2.25. The molecule has 0 saturated carbocycles. The summed E-state index contributed by atoms with van der Waals surface area (Å²) in [5, 5.41) is 9.38. The van der Waals surface area contributed by atoms with Gasteiger partial charge in [0.1, 0.15) is 0 Å². The molecule has 0 saturated heterocycles. The second-order valence-electron chi connectivity index (χ2n) is 4.84. The summed E-state index contributed by atoms with van der Waals surface area (Å²) in [5.41, 5.74) is 1.52. The Balaban J connectivity index is 1.65. The molecule has 10 heteroatoms. The van der Waals surface area contributed by atoms with Crippen LogP contribution in [0.25, 0.3) is 0 Å². The van der Waals surface area contributed by atoms with E-state index in [4.69, 9.17) is 4.52 Å². The van der Waals surface area contributed by atoms with E-state index in [1.807, 2.05) is 0 Å². The monoisotopic (exact) mass is 316 g/mol. The van der Waals surface area contributed by atoms with Crippen molar-refractivity contribution < 1.29 is 27.0 Å². The van der Waals surface area contributed by atoms with Crippen molar-refractivity contribution in [1.29, 1.82) is 0 Å². The minimum absolute atomic E-state index is 0.0919. The molecule has 2 aromatic heterocycles. The van der Waals surface area contributed by atoms with Crippen LogP contribution in [0.5, 0.6) is 0 Å². The Morgan fingerprint density at radius 2 is 1.95 bits per heavy atom. The Kier molecular flexibility index (Phi) is 3.59. The summed E-state index contributed by atoms with van der Waals surface area (Å²) in [6.45, 7) is -0.298. The van der Waals surface area contributed by atoms with E-state index in [0.29, 0.717) is 6.42 Å². The molecule has 0 atom stereocenters. The predicted molar refractivity (Wildman–Crippen MR) is 63.6 cm³/mol. The number of halogens is 3. The van der Waals surface area contributed by atoms with Crippen molar-refractivity contribution in [1.82, 2.24) is 20.6 Å². The van der Waals surface area contributed by atoms with Gasteiger partial charge < -0.3 is 14.4 Å². The van der Waals surface area contributed by atoms with Gasteiger partial charge >= 0.3 is 12.1 Å². The Labute approximate surface area is 121 Å². The van der Waals surface area contributed by atoms with E-state index in [2.05, 4.69) is 25.1 Å². The Morgan fingerprint density at radius 3 is 2.68 bits per heavy atom. The number of aryl methyl sites for hydroxylation is 1. The van der Waals surface area contributed by atoms with Crippen LogP contribution in [0.3, 0.4) is 0 Å². The fraction of sp³-hybridized carbons (Fsp3) is 0.500. The van der Waals surface area contributed by atoms with Gasteiger partial charge in [-0.25, -0.2) is 0 Å². The first-order valence-corrected chi connectivity index (χ1v) is 6.60. The number of hydrogen-bond acceptors (Lipinski definition) is 6. The van der Waals surface area contributed by atoms with Gasteiger partial charge in [-0.1, -0.05) is 10.3 Å². The second kappa shape index (κ2) is 5.43. The highest BCUT2D eigenvalue weighted by atomic mass is 19.4. The maximum absolute atomic E-state index is 12.3. The zero-order valence-electron chi connectivity index (χ0n) is 11.2. The molecule has 1 N–H and O–H groups in total. The van der Waals surface area contributed by atoms with E-state index in [0.717, 1.165) is 30.5 Å². The smallest absolute Gasteiger partial charge is 0.350 e. The lowest BCUT2D eigenvalue weighted by molar-refractivity contribution is -0.159. The zero-order chi connectivity index (χ0) is 15.7. The van der Waals surface area contributed by atoms with Crippen molar-refractivity contribution in [3.05, 3.63) is 28.7 Å². The van der Waals surface area contributed by atoms with Gasteiger partial charge in [-0.15, -0.1) is 0 Å². The van der Waals surface area contributed by atoms with E-state index in [1.54, 1.807) is 0 Å². The fourth-order valence-electron chi connectivity index (χ4n) is 2.25. The van der Waals surface area contributed by atoms with Crippen LogP contribution in [-0.4, -0.2) is 21.2 Å². The number of nitrogens with zero attached hydrogens (tertiary/aromatic N) is 3. The number of amides is 1. The summed E-state index contributed by atoms with van der Waals surface area (Å²) in [7, 11) is 0. The van der Waals surface area contributed by atoms with E-state index < -0.39 is 18.0 Å². The molecule has 1 aliphatic rings. The molecule has 1 amide bonds.